The number of hydrogen-bond acceptors (Lipinski definition) is 5. The predicted octanol–water partition coefficient (Wildman–Crippen LogP) is 0.103. The molecule has 1 unspecified atom stereocenters. The fourth-order valence-corrected chi connectivity index (χ4v) is 2.59. The van der Waals surface area contributed by atoms with Crippen LogP contribution >= 0.6 is 11.8 Å². The number of amides is 1. The molecule has 1 fully saturated rings. The first-order chi connectivity index (χ1) is 8.15. The van der Waals surface area contributed by atoms with Crippen LogP contribution in [-0.4, -0.2) is 61.6 Å². The van der Waals surface area contributed by atoms with E-state index in [9.17, 15) is 9.59 Å². The standard InChI is InChI=1S/C11H20N2O3S/c1-13(6-3-4-10(14)16-2)11(15)9-8-17-7-5-12-9/h9,12H,3-8H2,1-2H3. The summed E-state index contributed by atoms with van der Waals surface area (Å²) < 4.78 is 4.55. The minimum absolute atomic E-state index is 0.0723. The van der Waals surface area contributed by atoms with Crippen LogP contribution in [-0.2, 0) is 14.3 Å². The Balaban J connectivity index is 2.23. The highest BCUT2D eigenvalue weighted by atomic mass is 32.2. The molecule has 98 valence electrons. The first-order valence-corrected chi connectivity index (χ1v) is 6.93. The average molecular weight is 260 g/mol. The normalized spacial score (nSPS) is 19.8. The van der Waals surface area contributed by atoms with E-state index in [4.69, 9.17) is 0 Å². The number of rotatable bonds is 5. The van der Waals surface area contributed by atoms with E-state index >= 15 is 0 Å². The van der Waals surface area contributed by atoms with Crippen LogP contribution < -0.4 is 5.32 Å². The van der Waals surface area contributed by atoms with E-state index in [0.29, 0.717) is 19.4 Å². The van der Waals surface area contributed by atoms with Gasteiger partial charge < -0.3 is 15.0 Å². The zero-order valence-electron chi connectivity index (χ0n) is 10.4. The molecule has 5 nitrogen and oxygen atoms in total. The molecule has 0 aromatic rings. The van der Waals surface area contributed by atoms with Gasteiger partial charge in [0.15, 0.2) is 0 Å². The summed E-state index contributed by atoms with van der Waals surface area (Å²) in [6, 6.07) is -0.0723. The van der Waals surface area contributed by atoms with Crippen LogP contribution in [0, 0.1) is 0 Å². The van der Waals surface area contributed by atoms with Crippen molar-refractivity contribution in [2.24, 2.45) is 0 Å². The zero-order chi connectivity index (χ0) is 12.7. The van der Waals surface area contributed by atoms with E-state index in [0.717, 1.165) is 18.1 Å². The van der Waals surface area contributed by atoms with Gasteiger partial charge in [-0.15, -0.1) is 0 Å². The summed E-state index contributed by atoms with van der Waals surface area (Å²) in [5.41, 5.74) is 0. The van der Waals surface area contributed by atoms with Crippen LogP contribution in [0.25, 0.3) is 0 Å². The molecule has 1 aliphatic heterocycles. The summed E-state index contributed by atoms with van der Waals surface area (Å²) >= 11 is 1.80. The van der Waals surface area contributed by atoms with Gasteiger partial charge in [-0.1, -0.05) is 0 Å². The second-order valence-corrected chi connectivity index (χ2v) is 5.17. The lowest BCUT2D eigenvalue weighted by Crippen LogP contribution is -2.49. The van der Waals surface area contributed by atoms with Crippen LogP contribution in [0.1, 0.15) is 12.8 Å². The predicted molar refractivity (Wildman–Crippen MR) is 68.0 cm³/mol. The summed E-state index contributed by atoms with van der Waals surface area (Å²) in [4.78, 5) is 24.6. The van der Waals surface area contributed by atoms with Gasteiger partial charge in [-0.3, -0.25) is 9.59 Å². The van der Waals surface area contributed by atoms with Crippen LogP contribution in [0.2, 0.25) is 0 Å². The van der Waals surface area contributed by atoms with E-state index in [2.05, 4.69) is 10.1 Å². The van der Waals surface area contributed by atoms with Crippen molar-refractivity contribution in [2.45, 2.75) is 18.9 Å². The number of nitrogens with zero attached hydrogens (tertiary/aromatic N) is 1. The smallest absolute Gasteiger partial charge is 0.305 e. The highest BCUT2D eigenvalue weighted by Crippen LogP contribution is 2.09. The third kappa shape index (κ3) is 4.95. The Morgan fingerprint density at radius 3 is 2.88 bits per heavy atom. The van der Waals surface area contributed by atoms with Gasteiger partial charge in [0.05, 0.1) is 13.2 Å². The number of carbonyl (C=O) groups excluding carboxylic acids is 2. The molecule has 1 atom stereocenters. The summed E-state index contributed by atoms with van der Waals surface area (Å²) in [7, 11) is 3.15. The van der Waals surface area contributed by atoms with Crippen molar-refractivity contribution < 1.29 is 14.3 Å². The van der Waals surface area contributed by atoms with Gasteiger partial charge >= 0.3 is 5.97 Å². The van der Waals surface area contributed by atoms with E-state index in [-0.39, 0.29) is 17.9 Å². The quantitative estimate of drug-likeness (QED) is 0.711. The van der Waals surface area contributed by atoms with Crippen molar-refractivity contribution in [2.75, 3.05) is 38.8 Å². The lowest BCUT2D eigenvalue weighted by atomic mass is 10.2. The van der Waals surface area contributed by atoms with Gasteiger partial charge in [-0.25, -0.2) is 0 Å². The monoisotopic (exact) mass is 260 g/mol. The fraction of sp³-hybridized carbons (Fsp3) is 0.818. The molecule has 0 radical (unpaired) electrons. The molecule has 0 spiro atoms. The number of thioether (sulfide) groups is 1. The van der Waals surface area contributed by atoms with E-state index < -0.39 is 0 Å². The molecule has 0 aliphatic carbocycles. The maximum atomic E-state index is 12.0. The summed E-state index contributed by atoms with van der Waals surface area (Å²) in [6.45, 7) is 1.48. The third-order valence-corrected chi connectivity index (χ3v) is 3.76. The molecule has 0 bridgehead atoms. The van der Waals surface area contributed by atoms with Crippen molar-refractivity contribution in [3.05, 3.63) is 0 Å². The average Bonchev–Trinajstić information content (AvgIpc) is 2.38. The lowest BCUT2D eigenvalue weighted by molar-refractivity contribution is -0.141. The molecule has 1 rings (SSSR count). The Labute approximate surface area is 106 Å². The van der Waals surface area contributed by atoms with Gasteiger partial charge in [-0.05, 0) is 6.42 Å². The summed E-state index contributed by atoms with van der Waals surface area (Å²) in [5.74, 6) is 1.79. The molecule has 6 heteroatoms. The van der Waals surface area contributed by atoms with E-state index in [1.165, 1.54) is 7.11 Å². The largest absolute Gasteiger partial charge is 0.469 e. The number of nitrogens with one attached hydrogen (secondary N) is 1. The minimum atomic E-state index is -0.225. The topological polar surface area (TPSA) is 58.6 Å². The Hall–Kier alpha value is -0.750. The second-order valence-electron chi connectivity index (χ2n) is 4.02. The number of esters is 1. The van der Waals surface area contributed by atoms with Crippen LogP contribution in [0.4, 0.5) is 0 Å². The first-order valence-electron chi connectivity index (χ1n) is 5.78. The van der Waals surface area contributed by atoms with Crippen LogP contribution in [0.15, 0.2) is 0 Å². The van der Waals surface area contributed by atoms with E-state index in [1.54, 1.807) is 23.7 Å². The Morgan fingerprint density at radius 1 is 1.53 bits per heavy atom. The Kier molecular flexibility index (Phi) is 6.36. The van der Waals surface area contributed by atoms with Gasteiger partial charge in [0.1, 0.15) is 0 Å². The Bertz CT molecular complexity index is 267. The highest BCUT2D eigenvalue weighted by Gasteiger charge is 2.23. The molecule has 1 aliphatic rings. The summed E-state index contributed by atoms with van der Waals surface area (Å²) in [5, 5.41) is 3.21. The first kappa shape index (κ1) is 14.3. The molecule has 0 aromatic heterocycles. The van der Waals surface area contributed by atoms with Gasteiger partial charge in [0, 0.05) is 38.1 Å². The van der Waals surface area contributed by atoms with Crippen molar-refractivity contribution in [1.82, 2.24) is 10.2 Å². The van der Waals surface area contributed by atoms with Gasteiger partial charge in [0.25, 0.3) is 0 Å². The number of likely N-dealkylation sites (N-methyl/N-ethyl adjacent to an activating group) is 1. The SMILES string of the molecule is COC(=O)CCCN(C)C(=O)C1CSCCN1. The van der Waals surface area contributed by atoms with Crippen LogP contribution in [0.5, 0.6) is 0 Å². The van der Waals surface area contributed by atoms with Crippen molar-refractivity contribution in [1.29, 1.82) is 0 Å². The van der Waals surface area contributed by atoms with Gasteiger partial charge in [0.2, 0.25) is 5.91 Å². The van der Waals surface area contributed by atoms with Crippen molar-refractivity contribution in [3.63, 3.8) is 0 Å². The second kappa shape index (κ2) is 7.55. The van der Waals surface area contributed by atoms with Gasteiger partial charge in [-0.2, -0.15) is 11.8 Å². The molecule has 0 saturated carbocycles. The summed E-state index contributed by atoms with van der Waals surface area (Å²) in [6.07, 6.45) is 1.01. The molecular formula is C11H20N2O3S. The maximum absolute atomic E-state index is 12.0. The number of methoxy groups -OCH3 is 1. The molecule has 1 saturated heterocycles. The van der Waals surface area contributed by atoms with Crippen LogP contribution in [0.3, 0.4) is 0 Å². The molecule has 1 heterocycles. The van der Waals surface area contributed by atoms with Crippen molar-refractivity contribution >= 4 is 23.6 Å². The zero-order valence-corrected chi connectivity index (χ0v) is 11.2. The molecule has 17 heavy (non-hydrogen) atoms. The maximum Gasteiger partial charge on any atom is 0.305 e. The molecule has 1 N–H and O–H groups in total. The number of ether oxygens (including phenoxy) is 1. The number of hydrogen-bond donors (Lipinski definition) is 1. The third-order valence-electron chi connectivity index (χ3n) is 2.70. The van der Waals surface area contributed by atoms with E-state index in [1.807, 2.05) is 0 Å². The molecule has 1 amide bonds. The molecular weight excluding hydrogens is 240 g/mol. The highest BCUT2D eigenvalue weighted by molar-refractivity contribution is 7.99. The number of carbonyl (C=O) groups is 2. The van der Waals surface area contributed by atoms with Crippen molar-refractivity contribution in [3.8, 4) is 0 Å². The minimum Gasteiger partial charge on any atom is -0.469 e. The Morgan fingerprint density at radius 2 is 2.29 bits per heavy atom. The molecule has 0 aromatic carbocycles. The fourth-order valence-electron chi connectivity index (χ4n) is 1.66. The lowest BCUT2D eigenvalue weighted by Gasteiger charge is -2.27.